The number of carbonyl (C=O) groups is 4. The summed E-state index contributed by atoms with van der Waals surface area (Å²) in [4.78, 5) is 59.3. The van der Waals surface area contributed by atoms with Gasteiger partial charge in [0.05, 0.1) is 23.2 Å². The molecule has 7 N–H and O–H groups in total. The molecule has 1 saturated heterocycles. The van der Waals surface area contributed by atoms with Crippen LogP contribution in [0.1, 0.15) is 49.7 Å². The van der Waals surface area contributed by atoms with Crippen molar-refractivity contribution in [3.63, 3.8) is 0 Å². The number of fused-ring (bicyclic) bond motifs is 3. The van der Waals surface area contributed by atoms with Crippen molar-refractivity contribution in [3.05, 3.63) is 34.1 Å². The Kier molecular flexibility index (Phi) is 7.49. The van der Waals surface area contributed by atoms with Gasteiger partial charge in [-0.3, -0.25) is 29.0 Å². The first-order valence-corrected chi connectivity index (χ1v) is 17.9. The van der Waals surface area contributed by atoms with Gasteiger partial charge in [-0.25, -0.2) is 0 Å². The maximum Gasteiger partial charge on any atom is 0.255 e. The number of amides is 2. The Balaban J connectivity index is 1.10. The van der Waals surface area contributed by atoms with E-state index in [-0.39, 0.29) is 41.5 Å². The van der Waals surface area contributed by atoms with E-state index in [0.29, 0.717) is 30.4 Å². The highest BCUT2D eigenvalue weighted by Gasteiger charge is 2.64. The fraction of sp³-hybridized carbons (Fsp3) is 0.622. The molecule has 1 aromatic carbocycles. The van der Waals surface area contributed by atoms with Crippen LogP contribution in [0, 0.1) is 41.4 Å². The van der Waals surface area contributed by atoms with E-state index >= 15 is 0 Å². The number of nitrogens with zero attached hydrogens (tertiary/aromatic N) is 3. The van der Waals surface area contributed by atoms with Gasteiger partial charge in [0.15, 0.2) is 11.4 Å². The molecule has 9 rings (SSSR count). The molecule has 0 radical (unpaired) electrons. The van der Waals surface area contributed by atoms with Crippen molar-refractivity contribution in [3.8, 4) is 5.75 Å². The summed E-state index contributed by atoms with van der Waals surface area (Å²) in [6.45, 7) is 1.33. The highest BCUT2D eigenvalue weighted by molar-refractivity contribution is 6.24. The standard InChI is InChI=1S/C37H47N5O8/c1-40(2)24-12-23(39-36(49)20-13-42(14-20)28-18-6-15-5-16(8-18)9-19(28)7-15)30(43)26-21(24)10-17-11-22-29(41(3)4)32(45)27(35(38)48)34(47)37(22,50)33(46)25(17)31(26)44/h12,15-20,22,28-29,43-44,47,50H,5-11,13-14H2,1-4H3,(H2,38,48)(H,39,49)/t15?,16?,17-,18?,19?,22-,28?,29-,37-/m0/s1. The smallest absolute Gasteiger partial charge is 0.255 e. The number of aliphatic hydroxyl groups excluding tert-OH is 2. The molecule has 0 aromatic heterocycles. The molecule has 6 fully saturated rings. The molecule has 13 nitrogen and oxygen atoms in total. The van der Waals surface area contributed by atoms with Crippen LogP contribution in [-0.4, -0.2) is 113 Å². The quantitative estimate of drug-likeness (QED) is 0.188. The van der Waals surface area contributed by atoms with Crippen LogP contribution in [0.4, 0.5) is 11.4 Å². The van der Waals surface area contributed by atoms with E-state index in [1.54, 1.807) is 39.2 Å². The molecule has 8 aliphatic rings. The number of likely N-dealkylation sites (N-methyl/N-ethyl adjacent to an activating group) is 1. The summed E-state index contributed by atoms with van der Waals surface area (Å²) >= 11 is 0. The highest BCUT2D eigenvalue weighted by Crippen LogP contribution is 2.57. The number of nitrogens with two attached hydrogens (primary N) is 1. The number of rotatable bonds is 6. The first kappa shape index (κ1) is 33.2. The van der Waals surface area contributed by atoms with Crippen LogP contribution in [0.5, 0.6) is 5.75 Å². The number of aliphatic hydroxyl groups is 3. The van der Waals surface area contributed by atoms with E-state index in [1.807, 2.05) is 0 Å². The second-order valence-electron chi connectivity index (χ2n) is 16.6. The topological polar surface area (TPSA) is 197 Å². The SMILES string of the molecule is CN(C)c1cc(NC(=O)C2CN(C3C4CC5CC(C4)CC3C5)C2)c(O)c2c1C[C@H]1C[C@H]3[C@H](N(C)C)C(=O)C(C(N)=O)=C(O)[C@@]3(O)C(=O)C1=C2O. The monoisotopic (exact) mass is 689 g/mol. The van der Waals surface area contributed by atoms with Crippen molar-refractivity contribution in [2.24, 2.45) is 47.2 Å². The second kappa shape index (κ2) is 11.3. The van der Waals surface area contributed by atoms with Crippen molar-refractivity contribution in [1.82, 2.24) is 9.80 Å². The summed E-state index contributed by atoms with van der Waals surface area (Å²) in [7, 11) is 6.72. The van der Waals surface area contributed by atoms with E-state index in [0.717, 1.165) is 23.7 Å². The molecule has 1 aliphatic heterocycles. The van der Waals surface area contributed by atoms with Gasteiger partial charge >= 0.3 is 0 Å². The lowest BCUT2D eigenvalue weighted by molar-refractivity contribution is -0.153. The molecule has 5 saturated carbocycles. The van der Waals surface area contributed by atoms with Crippen molar-refractivity contribution in [1.29, 1.82) is 0 Å². The lowest BCUT2D eigenvalue weighted by atomic mass is 9.53. The Morgan fingerprint density at radius 3 is 2.14 bits per heavy atom. The summed E-state index contributed by atoms with van der Waals surface area (Å²) in [6, 6.07) is 1.06. The van der Waals surface area contributed by atoms with Gasteiger partial charge in [-0.1, -0.05) is 0 Å². The number of ketones is 2. The number of benzene rings is 1. The zero-order valence-electron chi connectivity index (χ0n) is 29.0. The van der Waals surface area contributed by atoms with Gasteiger partial charge < -0.3 is 36.4 Å². The summed E-state index contributed by atoms with van der Waals surface area (Å²) < 4.78 is 0. The Hall–Kier alpha value is -3.94. The molecule has 268 valence electrons. The number of hydrogen-bond acceptors (Lipinski definition) is 11. The Morgan fingerprint density at radius 1 is 0.960 bits per heavy atom. The Labute approximate surface area is 290 Å². The first-order chi connectivity index (χ1) is 23.6. The van der Waals surface area contributed by atoms with E-state index < -0.39 is 63.8 Å². The van der Waals surface area contributed by atoms with Gasteiger partial charge in [0.1, 0.15) is 22.8 Å². The van der Waals surface area contributed by atoms with E-state index in [1.165, 1.54) is 37.0 Å². The zero-order valence-corrected chi connectivity index (χ0v) is 29.0. The van der Waals surface area contributed by atoms with Crippen molar-refractivity contribution in [2.75, 3.05) is 51.5 Å². The molecule has 50 heavy (non-hydrogen) atoms. The van der Waals surface area contributed by atoms with Gasteiger partial charge in [0.25, 0.3) is 5.91 Å². The first-order valence-electron chi connectivity index (χ1n) is 17.9. The van der Waals surface area contributed by atoms with Gasteiger partial charge in [-0.15, -0.1) is 0 Å². The van der Waals surface area contributed by atoms with Crippen LogP contribution in [0.2, 0.25) is 0 Å². The summed E-state index contributed by atoms with van der Waals surface area (Å²) in [5.41, 5.74) is 2.81. The summed E-state index contributed by atoms with van der Waals surface area (Å²) in [6.07, 6.45) is 6.76. The van der Waals surface area contributed by atoms with Crippen LogP contribution in [0.25, 0.3) is 5.76 Å². The van der Waals surface area contributed by atoms with Gasteiger partial charge in [0, 0.05) is 50.4 Å². The minimum absolute atomic E-state index is 0.0000800. The fourth-order valence-electron chi connectivity index (χ4n) is 11.4. The van der Waals surface area contributed by atoms with Crippen LogP contribution in [0.3, 0.4) is 0 Å². The Bertz CT molecular complexity index is 1770. The normalized spacial score (nSPS) is 36.3. The number of primary amides is 1. The third-order valence-electron chi connectivity index (χ3n) is 13.3. The van der Waals surface area contributed by atoms with Crippen molar-refractivity contribution < 1.29 is 39.6 Å². The minimum Gasteiger partial charge on any atom is -0.508 e. The molecular weight excluding hydrogens is 642 g/mol. The molecule has 1 aromatic rings. The van der Waals surface area contributed by atoms with Crippen molar-refractivity contribution >= 4 is 40.5 Å². The maximum atomic E-state index is 14.3. The zero-order chi connectivity index (χ0) is 35.7. The van der Waals surface area contributed by atoms with Gasteiger partial charge in [0.2, 0.25) is 11.7 Å². The summed E-state index contributed by atoms with van der Waals surface area (Å²) in [5.74, 6) is -4.41. The molecule has 13 heteroatoms. The van der Waals surface area contributed by atoms with Crippen LogP contribution in [0.15, 0.2) is 23.0 Å². The Morgan fingerprint density at radius 2 is 1.58 bits per heavy atom. The van der Waals surface area contributed by atoms with Crippen LogP contribution in [-0.2, 0) is 25.6 Å². The number of phenols is 1. The highest BCUT2D eigenvalue weighted by atomic mass is 16.3. The van der Waals surface area contributed by atoms with Crippen LogP contribution < -0.4 is 16.0 Å². The molecule has 4 bridgehead atoms. The molecule has 1 heterocycles. The third kappa shape index (κ3) is 4.55. The summed E-state index contributed by atoms with van der Waals surface area (Å²) in [5, 5.41) is 49.4. The average molecular weight is 690 g/mol. The number of likely N-dealkylation sites (tertiary alicyclic amines) is 1. The minimum atomic E-state index is -2.72. The average Bonchev–Trinajstić information content (AvgIpc) is 3.00. The number of hydrogen-bond donors (Lipinski definition) is 6. The largest absolute Gasteiger partial charge is 0.508 e. The molecule has 7 aliphatic carbocycles. The second-order valence-corrected chi connectivity index (χ2v) is 16.6. The van der Waals surface area contributed by atoms with E-state index in [4.69, 9.17) is 5.73 Å². The number of anilines is 2. The predicted octanol–water partition coefficient (Wildman–Crippen LogP) is 1.73. The molecule has 2 amide bonds. The predicted molar refractivity (Wildman–Crippen MR) is 183 cm³/mol. The molecular formula is C37H47N5O8. The number of aromatic hydroxyl groups is 1. The number of Topliss-reactive ketones (excluding diaryl/α,β-unsaturated/α-hetero) is 2. The van der Waals surface area contributed by atoms with E-state index in [9.17, 15) is 39.6 Å². The molecule has 0 unspecified atom stereocenters. The number of phenolic OH excluding ortho intramolecular Hbond substituents is 1. The van der Waals surface area contributed by atoms with Crippen molar-refractivity contribution in [2.45, 2.75) is 62.6 Å². The molecule has 4 atom stereocenters. The third-order valence-corrected chi connectivity index (χ3v) is 13.3. The lowest BCUT2D eigenvalue weighted by Crippen LogP contribution is -2.65. The number of nitrogens with one attached hydrogen (secondary N) is 1. The maximum absolute atomic E-state index is 14.3. The van der Waals surface area contributed by atoms with Gasteiger partial charge in [-0.05, 0) is 100 Å². The fourth-order valence-corrected chi connectivity index (χ4v) is 11.4. The van der Waals surface area contributed by atoms with Crippen LogP contribution >= 0.6 is 0 Å². The van der Waals surface area contributed by atoms with Gasteiger partial charge in [-0.2, -0.15) is 0 Å². The molecule has 0 spiro atoms. The van der Waals surface area contributed by atoms with E-state index in [2.05, 4.69) is 10.2 Å². The lowest BCUT2D eigenvalue weighted by Gasteiger charge is -2.60. The number of carbonyl (C=O) groups excluding carboxylic acids is 4.